The quantitative estimate of drug-likeness (QED) is 0.281. The maximum atomic E-state index is 13.3. The van der Waals surface area contributed by atoms with Gasteiger partial charge in [-0.1, -0.05) is 83.1 Å². The number of rotatable bonds is 5. The lowest BCUT2D eigenvalue weighted by atomic mass is 9.72. The van der Waals surface area contributed by atoms with Crippen LogP contribution in [0.4, 0.5) is 11.4 Å². The number of allylic oxidation sites excluding steroid dienone is 10. The standard InChI is InChI=1S/C44H52Br2N4O2/c1-25-15-37(49-47-23-27-17-31(41(3,4)5)39(51)32(18-27)42(6,7)8)35(45)21-29(25)30-22-36(46)38(16-26(30)2)50-48-24-28-19-33(43(9,10)11)40(52)34(20-28)44(12,13)14/h15-24H,1-14H3/b49-47+,50-48+. The Balaban J connectivity index is 1.63. The fraction of sp³-hybridized carbons (Fsp3) is 0.409. The van der Waals surface area contributed by atoms with Crippen molar-refractivity contribution in [2.24, 2.45) is 42.1 Å². The number of Topliss-reactive ketones (excluding diaryl/α,β-unsaturated/α-hetero) is 2. The minimum absolute atomic E-state index is 0.0934. The molecule has 2 aliphatic carbocycles. The molecule has 8 heteroatoms. The summed E-state index contributed by atoms with van der Waals surface area (Å²) in [5.74, 6) is 0.187. The molecule has 0 heterocycles. The molecule has 0 saturated heterocycles. The SMILES string of the molecule is Cc1cc(/N=N/C=C2C=C(C(C)(C)C)C(=O)C(C(C)(C)C)=C2)c(Br)cc1-c1cc(Br)c(/N=N/C=C2C=C(C(C)(C)C)C(=O)C(C(C)(C)C)=C2)cc1C. The molecule has 0 atom stereocenters. The minimum Gasteiger partial charge on any atom is -0.289 e. The number of ketones is 2. The zero-order valence-electron chi connectivity index (χ0n) is 33.1. The van der Waals surface area contributed by atoms with E-state index in [0.717, 1.165) is 64.6 Å². The molecule has 6 nitrogen and oxygen atoms in total. The molecule has 0 amide bonds. The summed E-state index contributed by atoms with van der Waals surface area (Å²) in [6.45, 7) is 28.8. The van der Waals surface area contributed by atoms with Crippen LogP contribution in [0.25, 0.3) is 11.1 Å². The van der Waals surface area contributed by atoms with E-state index in [9.17, 15) is 9.59 Å². The lowest BCUT2D eigenvalue weighted by Gasteiger charge is -2.31. The second-order valence-corrected chi connectivity index (χ2v) is 19.5. The van der Waals surface area contributed by atoms with Crippen molar-refractivity contribution in [2.75, 3.05) is 0 Å². The van der Waals surface area contributed by atoms with E-state index in [1.807, 2.05) is 36.4 Å². The van der Waals surface area contributed by atoms with Gasteiger partial charge in [0.2, 0.25) is 0 Å². The molecule has 0 radical (unpaired) electrons. The third kappa shape index (κ3) is 9.48. The molecule has 0 unspecified atom stereocenters. The highest BCUT2D eigenvalue weighted by molar-refractivity contribution is 9.11. The molecule has 4 rings (SSSR count). The van der Waals surface area contributed by atoms with Crippen LogP contribution in [0.3, 0.4) is 0 Å². The summed E-state index contributed by atoms with van der Waals surface area (Å²) in [5, 5.41) is 18.0. The van der Waals surface area contributed by atoms with E-state index in [2.05, 4.69) is 161 Å². The number of aryl methyl sites for hydroxylation is 2. The molecule has 274 valence electrons. The Labute approximate surface area is 327 Å². The number of azo groups is 2. The lowest BCUT2D eigenvalue weighted by molar-refractivity contribution is -0.114. The van der Waals surface area contributed by atoms with Gasteiger partial charge in [-0.3, -0.25) is 9.59 Å². The first-order valence-corrected chi connectivity index (χ1v) is 19.2. The number of nitrogens with zero attached hydrogens (tertiary/aromatic N) is 4. The molecule has 0 aliphatic heterocycles. The van der Waals surface area contributed by atoms with Crippen molar-refractivity contribution in [3.8, 4) is 11.1 Å². The van der Waals surface area contributed by atoms with Crippen LogP contribution in [-0.4, -0.2) is 11.6 Å². The van der Waals surface area contributed by atoms with Crippen molar-refractivity contribution in [3.63, 3.8) is 0 Å². The predicted octanol–water partition coefficient (Wildman–Crippen LogP) is 14.5. The van der Waals surface area contributed by atoms with E-state index in [1.165, 1.54) is 0 Å². The number of halogens is 2. The minimum atomic E-state index is -0.292. The van der Waals surface area contributed by atoms with Crippen LogP contribution in [0.5, 0.6) is 0 Å². The predicted molar refractivity (Wildman–Crippen MR) is 222 cm³/mol. The Morgan fingerprint density at radius 1 is 0.481 bits per heavy atom. The maximum absolute atomic E-state index is 13.3. The second-order valence-electron chi connectivity index (χ2n) is 17.8. The Bertz CT molecular complexity index is 1850. The van der Waals surface area contributed by atoms with Gasteiger partial charge in [-0.25, -0.2) is 0 Å². The summed E-state index contributed by atoms with van der Waals surface area (Å²) in [4.78, 5) is 26.6. The molecular weight excluding hydrogens is 776 g/mol. The van der Waals surface area contributed by atoms with Crippen LogP contribution >= 0.6 is 31.9 Å². The second kappa shape index (κ2) is 15.0. The van der Waals surface area contributed by atoms with E-state index in [-0.39, 0.29) is 33.2 Å². The van der Waals surface area contributed by atoms with Gasteiger partial charge in [0.1, 0.15) is 11.4 Å². The van der Waals surface area contributed by atoms with Crippen LogP contribution in [0, 0.1) is 35.5 Å². The molecule has 52 heavy (non-hydrogen) atoms. The molecule has 0 N–H and O–H groups in total. The van der Waals surface area contributed by atoms with E-state index in [1.54, 1.807) is 12.4 Å². The zero-order valence-corrected chi connectivity index (χ0v) is 36.3. The summed E-state index contributed by atoms with van der Waals surface area (Å²) in [6.07, 6.45) is 11.2. The van der Waals surface area contributed by atoms with Crippen molar-refractivity contribution in [3.05, 3.63) is 114 Å². The Morgan fingerprint density at radius 2 is 0.750 bits per heavy atom. The summed E-state index contributed by atoms with van der Waals surface area (Å²) in [5.41, 5.74) is 9.23. The summed E-state index contributed by atoms with van der Waals surface area (Å²) < 4.78 is 1.63. The molecule has 0 saturated carbocycles. The smallest absolute Gasteiger partial charge is 0.186 e. The van der Waals surface area contributed by atoms with Gasteiger partial charge in [-0.15, -0.1) is 10.2 Å². The number of hydrogen-bond acceptors (Lipinski definition) is 6. The van der Waals surface area contributed by atoms with Gasteiger partial charge in [-0.05, 0) is 149 Å². The first-order valence-electron chi connectivity index (χ1n) is 17.6. The first-order chi connectivity index (χ1) is 23.8. The molecular formula is C44H52Br2N4O2. The number of hydrogen-bond donors (Lipinski definition) is 0. The van der Waals surface area contributed by atoms with Gasteiger partial charge in [0.25, 0.3) is 0 Å². The fourth-order valence-corrected chi connectivity index (χ4v) is 6.91. The van der Waals surface area contributed by atoms with Crippen LogP contribution in [0.2, 0.25) is 0 Å². The van der Waals surface area contributed by atoms with Crippen molar-refractivity contribution in [1.29, 1.82) is 0 Å². The van der Waals surface area contributed by atoms with E-state index in [0.29, 0.717) is 11.4 Å². The van der Waals surface area contributed by atoms with Gasteiger partial charge in [-0.2, -0.15) is 10.2 Å². The highest BCUT2D eigenvalue weighted by atomic mass is 79.9. The monoisotopic (exact) mass is 826 g/mol. The Morgan fingerprint density at radius 3 is 1.00 bits per heavy atom. The lowest BCUT2D eigenvalue weighted by Crippen LogP contribution is -2.27. The first kappa shape index (κ1) is 41.1. The summed E-state index contributed by atoms with van der Waals surface area (Å²) in [6, 6.07) is 8.15. The van der Waals surface area contributed by atoms with Crippen molar-refractivity contribution in [2.45, 2.75) is 96.9 Å². The number of carbonyl (C=O) groups excluding carboxylic acids is 2. The normalized spacial score (nSPS) is 16.4. The zero-order chi connectivity index (χ0) is 39.1. The van der Waals surface area contributed by atoms with Crippen molar-refractivity contribution >= 4 is 54.8 Å². The Kier molecular flexibility index (Phi) is 11.9. The number of carbonyl (C=O) groups is 2. The van der Waals surface area contributed by atoms with Gasteiger partial charge in [0, 0.05) is 31.2 Å². The van der Waals surface area contributed by atoms with Crippen molar-refractivity contribution in [1.82, 2.24) is 0 Å². The third-order valence-electron chi connectivity index (χ3n) is 9.08. The molecule has 0 spiro atoms. The molecule has 2 aromatic carbocycles. The topological polar surface area (TPSA) is 83.6 Å². The van der Waals surface area contributed by atoms with Crippen LogP contribution in [0.15, 0.2) is 124 Å². The Hall–Kier alpha value is -3.62. The third-order valence-corrected chi connectivity index (χ3v) is 10.3. The maximum Gasteiger partial charge on any atom is 0.186 e. The van der Waals surface area contributed by atoms with E-state index in [4.69, 9.17) is 0 Å². The summed E-state index contributed by atoms with van der Waals surface area (Å²) >= 11 is 7.45. The van der Waals surface area contributed by atoms with E-state index < -0.39 is 0 Å². The summed E-state index contributed by atoms with van der Waals surface area (Å²) in [7, 11) is 0. The van der Waals surface area contributed by atoms with Gasteiger partial charge < -0.3 is 0 Å². The van der Waals surface area contributed by atoms with Gasteiger partial charge in [0.15, 0.2) is 11.6 Å². The molecule has 2 aliphatic rings. The van der Waals surface area contributed by atoms with Gasteiger partial charge >= 0.3 is 0 Å². The molecule has 0 fully saturated rings. The average Bonchev–Trinajstić information content (AvgIpc) is 2.99. The molecule has 2 aromatic rings. The molecule has 0 bridgehead atoms. The highest BCUT2D eigenvalue weighted by Gasteiger charge is 2.35. The molecule has 0 aromatic heterocycles. The van der Waals surface area contributed by atoms with Crippen LogP contribution < -0.4 is 0 Å². The fourth-order valence-electron chi connectivity index (χ4n) is 6.06. The van der Waals surface area contributed by atoms with E-state index >= 15 is 0 Å². The van der Waals surface area contributed by atoms with Gasteiger partial charge in [0.05, 0.1) is 12.4 Å². The van der Waals surface area contributed by atoms with Crippen molar-refractivity contribution < 1.29 is 9.59 Å². The van der Waals surface area contributed by atoms with Crippen LogP contribution in [0.1, 0.15) is 94.2 Å². The average molecular weight is 829 g/mol. The largest absolute Gasteiger partial charge is 0.289 e. The number of benzene rings is 2. The highest BCUT2D eigenvalue weighted by Crippen LogP contribution is 2.42. The van der Waals surface area contributed by atoms with Crippen LogP contribution in [-0.2, 0) is 9.59 Å².